The van der Waals surface area contributed by atoms with E-state index in [2.05, 4.69) is 22.2 Å². The molecule has 0 aliphatic carbocycles. The summed E-state index contributed by atoms with van der Waals surface area (Å²) in [7, 11) is -3.61. The number of rotatable bonds is 8. The number of nitrogens with zero attached hydrogens (tertiary/aromatic N) is 3. The van der Waals surface area contributed by atoms with Crippen LogP contribution in [0.1, 0.15) is 23.2 Å². The molecule has 10 heteroatoms. The average molecular weight is 482 g/mol. The van der Waals surface area contributed by atoms with Crippen LogP contribution >= 0.6 is 11.3 Å². The summed E-state index contributed by atoms with van der Waals surface area (Å²) >= 11 is 1.49. The number of aromatic nitrogens is 3. The molecule has 3 aromatic heterocycles. The molecule has 0 bridgehead atoms. The summed E-state index contributed by atoms with van der Waals surface area (Å²) in [5.74, 6) is 0.907. The minimum atomic E-state index is -3.61. The normalized spacial score (nSPS) is 11.4. The number of nitrogens with one attached hydrogen (secondary N) is 1. The molecule has 0 spiro atoms. The maximum absolute atomic E-state index is 11.4. The van der Waals surface area contributed by atoms with Gasteiger partial charge in [-0.2, -0.15) is 0 Å². The molecule has 0 saturated carbocycles. The molecule has 3 heterocycles. The van der Waals surface area contributed by atoms with E-state index in [1.165, 1.54) is 11.3 Å². The third kappa shape index (κ3) is 6.13. The second-order valence-electron chi connectivity index (χ2n) is 7.37. The molecular formula is C23H23N5O3S2. The van der Waals surface area contributed by atoms with Crippen molar-refractivity contribution >= 4 is 32.9 Å². The first-order valence-electron chi connectivity index (χ1n) is 10.2. The summed E-state index contributed by atoms with van der Waals surface area (Å²) < 4.78 is 29.0. The van der Waals surface area contributed by atoms with Gasteiger partial charge < -0.3 is 10.1 Å². The molecular weight excluding hydrogens is 458 g/mol. The highest BCUT2D eigenvalue weighted by molar-refractivity contribution is 7.88. The van der Waals surface area contributed by atoms with Crippen molar-refractivity contribution in [3.05, 3.63) is 77.1 Å². The number of pyridine rings is 2. The molecule has 0 aliphatic rings. The molecule has 0 radical (unpaired) electrons. The Morgan fingerprint density at radius 3 is 2.67 bits per heavy atom. The van der Waals surface area contributed by atoms with Crippen LogP contribution < -0.4 is 15.2 Å². The van der Waals surface area contributed by atoms with Crippen LogP contribution in [0.4, 0.5) is 11.5 Å². The van der Waals surface area contributed by atoms with E-state index >= 15 is 0 Å². The van der Waals surface area contributed by atoms with Crippen LogP contribution in [0.5, 0.6) is 10.8 Å². The third-order valence-electron chi connectivity index (χ3n) is 4.58. The van der Waals surface area contributed by atoms with E-state index in [1.807, 2.05) is 31.2 Å². The number of nitrogens with two attached hydrogens (primary N) is 1. The molecule has 0 atom stereocenters. The van der Waals surface area contributed by atoms with Crippen LogP contribution in [0.15, 0.2) is 60.8 Å². The first-order valence-corrected chi connectivity index (χ1v) is 12.8. The van der Waals surface area contributed by atoms with Gasteiger partial charge >= 0.3 is 0 Å². The standard InChI is InChI=1S/C23H23N5O3S2/c1-3-21-28-22(19-9-4-6-15(2)26-19)23(32-21)31-18-10-11-25-20(13-18)27-17-8-5-7-16(12-17)14-33(24,29)30/h4-13H,3,14H2,1-2H3,(H,25,27)(H2,24,29,30). The number of thiazole rings is 1. The lowest BCUT2D eigenvalue weighted by molar-refractivity contribution is 0.496. The lowest BCUT2D eigenvalue weighted by Crippen LogP contribution is -2.14. The summed E-state index contributed by atoms with van der Waals surface area (Å²) in [4.78, 5) is 13.6. The van der Waals surface area contributed by atoms with Crippen molar-refractivity contribution in [2.24, 2.45) is 5.14 Å². The van der Waals surface area contributed by atoms with E-state index in [4.69, 9.17) is 14.9 Å². The van der Waals surface area contributed by atoms with Crippen LogP contribution in [0.2, 0.25) is 0 Å². The largest absolute Gasteiger partial charge is 0.444 e. The zero-order chi connectivity index (χ0) is 23.4. The monoisotopic (exact) mass is 481 g/mol. The summed E-state index contributed by atoms with van der Waals surface area (Å²) in [6.07, 6.45) is 2.43. The topological polar surface area (TPSA) is 120 Å². The predicted octanol–water partition coefficient (Wildman–Crippen LogP) is 4.80. The number of benzene rings is 1. The van der Waals surface area contributed by atoms with Crippen LogP contribution in [0.25, 0.3) is 11.4 Å². The van der Waals surface area contributed by atoms with Gasteiger partial charge in [0.1, 0.15) is 17.3 Å². The van der Waals surface area contributed by atoms with Gasteiger partial charge in [0.05, 0.1) is 16.5 Å². The van der Waals surface area contributed by atoms with Gasteiger partial charge in [-0.05, 0) is 49.2 Å². The smallest absolute Gasteiger partial charge is 0.213 e. The molecule has 1 aromatic carbocycles. The zero-order valence-corrected chi connectivity index (χ0v) is 19.8. The summed E-state index contributed by atoms with van der Waals surface area (Å²) in [6.45, 7) is 3.99. The van der Waals surface area contributed by atoms with Gasteiger partial charge in [-0.15, -0.1) is 0 Å². The van der Waals surface area contributed by atoms with Gasteiger partial charge in [0.15, 0.2) is 0 Å². The van der Waals surface area contributed by atoms with E-state index in [1.54, 1.807) is 36.5 Å². The average Bonchev–Trinajstić information content (AvgIpc) is 3.16. The third-order valence-corrected chi connectivity index (χ3v) is 6.40. The number of hydrogen-bond donors (Lipinski definition) is 2. The zero-order valence-electron chi connectivity index (χ0n) is 18.1. The highest BCUT2D eigenvalue weighted by Crippen LogP contribution is 2.38. The quantitative estimate of drug-likeness (QED) is 0.371. The van der Waals surface area contributed by atoms with Crippen molar-refractivity contribution in [2.45, 2.75) is 26.0 Å². The number of hydrogen-bond acceptors (Lipinski definition) is 8. The van der Waals surface area contributed by atoms with Crippen molar-refractivity contribution in [2.75, 3.05) is 5.32 Å². The molecule has 0 aliphatic heterocycles. The Morgan fingerprint density at radius 1 is 1.09 bits per heavy atom. The maximum atomic E-state index is 11.4. The van der Waals surface area contributed by atoms with Gasteiger partial charge in [0.25, 0.3) is 0 Å². The van der Waals surface area contributed by atoms with E-state index in [0.717, 1.165) is 22.8 Å². The Kier molecular flexibility index (Phi) is 6.68. The van der Waals surface area contributed by atoms with Crippen molar-refractivity contribution in [1.29, 1.82) is 0 Å². The molecule has 4 aromatic rings. The maximum Gasteiger partial charge on any atom is 0.213 e. The fourth-order valence-electron chi connectivity index (χ4n) is 3.17. The second-order valence-corrected chi connectivity index (χ2v) is 10.0. The molecule has 3 N–H and O–H groups in total. The molecule has 0 fully saturated rings. The Bertz CT molecular complexity index is 1390. The van der Waals surface area contributed by atoms with Gasteiger partial charge in [-0.1, -0.05) is 36.5 Å². The Hall–Kier alpha value is -3.34. The number of sulfonamides is 1. The molecule has 170 valence electrons. The van der Waals surface area contributed by atoms with Crippen LogP contribution in [0, 0.1) is 6.92 Å². The van der Waals surface area contributed by atoms with Crippen molar-refractivity contribution in [1.82, 2.24) is 15.0 Å². The van der Waals surface area contributed by atoms with Crippen molar-refractivity contribution in [3.8, 4) is 22.2 Å². The summed E-state index contributed by atoms with van der Waals surface area (Å²) in [5, 5.41) is 9.95. The van der Waals surface area contributed by atoms with Crippen LogP contribution in [-0.2, 0) is 22.2 Å². The molecule has 33 heavy (non-hydrogen) atoms. The van der Waals surface area contributed by atoms with E-state index < -0.39 is 10.0 Å². The molecule has 0 unspecified atom stereocenters. The number of anilines is 2. The van der Waals surface area contributed by atoms with Gasteiger partial charge in [0.2, 0.25) is 15.1 Å². The summed E-state index contributed by atoms with van der Waals surface area (Å²) in [6, 6.07) is 16.3. The number of aryl methyl sites for hydroxylation is 2. The van der Waals surface area contributed by atoms with Crippen LogP contribution in [-0.4, -0.2) is 23.4 Å². The SMILES string of the molecule is CCc1nc(-c2cccc(C)n2)c(Oc2ccnc(Nc3cccc(CS(N)(=O)=O)c3)c2)s1. The van der Waals surface area contributed by atoms with Gasteiger partial charge in [0, 0.05) is 23.6 Å². The second kappa shape index (κ2) is 9.65. The Morgan fingerprint density at radius 2 is 1.91 bits per heavy atom. The highest BCUT2D eigenvalue weighted by Gasteiger charge is 2.16. The first kappa shape index (κ1) is 22.8. The highest BCUT2D eigenvalue weighted by atomic mass is 32.2. The van der Waals surface area contributed by atoms with Crippen LogP contribution in [0.3, 0.4) is 0 Å². The van der Waals surface area contributed by atoms with E-state index in [-0.39, 0.29) is 5.75 Å². The Balaban J connectivity index is 1.57. The lowest BCUT2D eigenvalue weighted by atomic mass is 10.2. The Labute approximate surface area is 196 Å². The van der Waals surface area contributed by atoms with E-state index in [0.29, 0.717) is 33.6 Å². The molecule has 0 amide bonds. The molecule has 0 saturated heterocycles. The molecule has 4 rings (SSSR count). The fraction of sp³-hybridized carbons (Fsp3) is 0.174. The lowest BCUT2D eigenvalue weighted by Gasteiger charge is -2.10. The minimum Gasteiger partial charge on any atom is -0.444 e. The number of primary sulfonamides is 1. The predicted molar refractivity (Wildman–Crippen MR) is 130 cm³/mol. The minimum absolute atomic E-state index is 0.236. The number of ether oxygens (including phenoxy) is 1. The summed E-state index contributed by atoms with van der Waals surface area (Å²) in [5.41, 5.74) is 3.66. The van der Waals surface area contributed by atoms with E-state index in [9.17, 15) is 8.42 Å². The first-order chi connectivity index (χ1) is 15.8. The fourth-order valence-corrected chi connectivity index (χ4v) is 4.70. The van der Waals surface area contributed by atoms with Gasteiger partial charge in [-0.25, -0.2) is 23.5 Å². The van der Waals surface area contributed by atoms with Crippen molar-refractivity contribution < 1.29 is 13.2 Å². The molecule has 8 nitrogen and oxygen atoms in total. The van der Waals surface area contributed by atoms with Crippen molar-refractivity contribution in [3.63, 3.8) is 0 Å². The van der Waals surface area contributed by atoms with Gasteiger partial charge in [-0.3, -0.25) is 4.98 Å².